The molecular formula is C16H33N3O. The Morgan fingerprint density at radius 2 is 2.15 bits per heavy atom. The fourth-order valence-corrected chi connectivity index (χ4v) is 3.92. The minimum atomic E-state index is 0.323. The monoisotopic (exact) mass is 283 g/mol. The van der Waals surface area contributed by atoms with Gasteiger partial charge in [0.1, 0.15) is 0 Å². The van der Waals surface area contributed by atoms with E-state index in [4.69, 9.17) is 4.74 Å². The molecule has 0 aliphatic carbocycles. The maximum atomic E-state index is 5.82. The zero-order valence-corrected chi connectivity index (χ0v) is 13.7. The minimum absolute atomic E-state index is 0.323. The lowest BCUT2D eigenvalue weighted by atomic mass is 9.81. The third kappa shape index (κ3) is 4.17. The Kier molecular flexibility index (Phi) is 6.27. The van der Waals surface area contributed by atoms with Crippen LogP contribution in [-0.2, 0) is 4.74 Å². The maximum absolute atomic E-state index is 5.82. The summed E-state index contributed by atoms with van der Waals surface area (Å²) in [6.45, 7) is 10.2. The van der Waals surface area contributed by atoms with Crippen LogP contribution in [0, 0.1) is 5.41 Å². The number of likely N-dealkylation sites (N-methyl/N-ethyl adjacent to an activating group) is 1. The second-order valence-corrected chi connectivity index (χ2v) is 6.83. The van der Waals surface area contributed by atoms with Crippen molar-refractivity contribution in [2.24, 2.45) is 5.41 Å². The highest BCUT2D eigenvalue weighted by molar-refractivity contribution is 4.90. The molecule has 1 N–H and O–H groups in total. The smallest absolute Gasteiger partial charge is 0.0546 e. The molecule has 2 rings (SSSR count). The summed E-state index contributed by atoms with van der Waals surface area (Å²) in [4.78, 5) is 5.24. The second-order valence-electron chi connectivity index (χ2n) is 6.83. The molecular weight excluding hydrogens is 250 g/mol. The summed E-state index contributed by atoms with van der Waals surface area (Å²) < 4.78 is 5.82. The van der Waals surface area contributed by atoms with Gasteiger partial charge in [-0.15, -0.1) is 0 Å². The van der Waals surface area contributed by atoms with E-state index in [9.17, 15) is 0 Å². The zero-order chi connectivity index (χ0) is 14.4. The molecule has 0 amide bonds. The van der Waals surface area contributed by atoms with E-state index in [1.807, 2.05) is 0 Å². The quantitative estimate of drug-likeness (QED) is 0.826. The summed E-state index contributed by atoms with van der Waals surface area (Å²) in [6, 6.07) is 0.707. The Morgan fingerprint density at radius 1 is 1.30 bits per heavy atom. The van der Waals surface area contributed by atoms with Gasteiger partial charge in [-0.3, -0.25) is 4.90 Å². The number of ether oxygens (including phenoxy) is 1. The Hall–Kier alpha value is -0.160. The molecule has 0 aromatic rings. The van der Waals surface area contributed by atoms with Crippen LogP contribution in [0.25, 0.3) is 0 Å². The molecule has 2 aliphatic heterocycles. The van der Waals surface area contributed by atoms with Gasteiger partial charge in [-0.25, -0.2) is 0 Å². The SMILES string of the molecule is CCC1CN(C)CCCN1CC1(CNC)CCCOC1. The largest absolute Gasteiger partial charge is 0.381 e. The lowest BCUT2D eigenvalue weighted by Gasteiger charge is -2.43. The Bertz CT molecular complexity index is 273. The van der Waals surface area contributed by atoms with Crippen molar-refractivity contribution >= 4 is 0 Å². The Morgan fingerprint density at radius 3 is 2.80 bits per heavy atom. The van der Waals surface area contributed by atoms with Crippen molar-refractivity contribution in [1.82, 2.24) is 15.1 Å². The fourth-order valence-electron chi connectivity index (χ4n) is 3.92. The molecule has 0 saturated carbocycles. The highest BCUT2D eigenvalue weighted by atomic mass is 16.5. The summed E-state index contributed by atoms with van der Waals surface area (Å²) in [6.07, 6.45) is 5.06. The predicted molar refractivity (Wildman–Crippen MR) is 84.2 cm³/mol. The molecule has 2 saturated heterocycles. The van der Waals surface area contributed by atoms with Gasteiger partial charge >= 0.3 is 0 Å². The molecule has 2 aliphatic rings. The van der Waals surface area contributed by atoms with Crippen LogP contribution < -0.4 is 5.32 Å². The van der Waals surface area contributed by atoms with Gasteiger partial charge in [0.2, 0.25) is 0 Å². The van der Waals surface area contributed by atoms with Gasteiger partial charge in [-0.1, -0.05) is 6.92 Å². The van der Waals surface area contributed by atoms with E-state index in [1.165, 1.54) is 51.9 Å². The van der Waals surface area contributed by atoms with Crippen molar-refractivity contribution in [3.8, 4) is 0 Å². The first-order valence-corrected chi connectivity index (χ1v) is 8.34. The first kappa shape index (κ1) is 16.2. The second kappa shape index (κ2) is 7.74. The van der Waals surface area contributed by atoms with E-state index in [-0.39, 0.29) is 0 Å². The summed E-state index contributed by atoms with van der Waals surface area (Å²) in [5, 5.41) is 3.41. The van der Waals surface area contributed by atoms with Crippen LogP contribution in [0.5, 0.6) is 0 Å². The maximum Gasteiger partial charge on any atom is 0.0546 e. The normalized spacial score (nSPS) is 34.0. The van der Waals surface area contributed by atoms with Crippen molar-refractivity contribution in [1.29, 1.82) is 0 Å². The van der Waals surface area contributed by atoms with Crippen molar-refractivity contribution < 1.29 is 4.74 Å². The molecule has 0 spiro atoms. The summed E-state index contributed by atoms with van der Waals surface area (Å²) in [5.41, 5.74) is 0.323. The molecule has 2 atom stereocenters. The van der Waals surface area contributed by atoms with Gasteiger partial charge in [0, 0.05) is 37.7 Å². The van der Waals surface area contributed by atoms with Gasteiger partial charge in [0.15, 0.2) is 0 Å². The standard InChI is InChI=1S/C16H33N3O/c1-4-15-11-18(3)8-6-9-19(15)13-16(12-17-2)7-5-10-20-14-16/h15,17H,4-14H2,1-3H3. The van der Waals surface area contributed by atoms with Crippen molar-refractivity contribution in [3.63, 3.8) is 0 Å². The Labute approximate surface area is 124 Å². The highest BCUT2D eigenvalue weighted by Crippen LogP contribution is 2.30. The topological polar surface area (TPSA) is 27.7 Å². The first-order valence-electron chi connectivity index (χ1n) is 8.34. The number of hydrogen-bond donors (Lipinski definition) is 1. The lowest BCUT2D eigenvalue weighted by Crippen LogP contribution is -2.52. The molecule has 20 heavy (non-hydrogen) atoms. The molecule has 4 heteroatoms. The molecule has 0 radical (unpaired) electrons. The van der Waals surface area contributed by atoms with Gasteiger partial charge in [0.25, 0.3) is 0 Å². The molecule has 2 heterocycles. The van der Waals surface area contributed by atoms with Crippen LogP contribution in [0.3, 0.4) is 0 Å². The van der Waals surface area contributed by atoms with E-state index in [0.29, 0.717) is 11.5 Å². The van der Waals surface area contributed by atoms with E-state index in [2.05, 4.69) is 36.1 Å². The van der Waals surface area contributed by atoms with Crippen LogP contribution in [0.2, 0.25) is 0 Å². The summed E-state index contributed by atoms with van der Waals surface area (Å²) >= 11 is 0. The summed E-state index contributed by atoms with van der Waals surface area (Å²) in [7, 11) is 4.34. The van der Waals surface area contributed by atoms with Gasteiger partial charge in [-0.2, -0.15) is 0 Å². The molecule has 0 aromatic heterocycles. The molecule has 0 aromatic carbocycles. The molecule has 2 fully saturated rings. The lowest BCUT2D eigenvalue weighted by molar-refractivity contribution is -0.0319. The third-order valence-corrected chi connectivity index (χ3v) is 4.99. The zero-order valence-electron chi connectivity index (χ0n) is 13.7. The van der Waals surface area contributed by atoms with Gasteiger partial charge in [0.05, 0.1) is 6.61 Å². The van der Waals surface area contributed by atoms with Crippen molar-refractivity contribution in [2.45, 2.75) is 38.6 Å². The number of nitrogens with one attached hydrogen (secondary N) is 1. The van der Waals surface area contributed by atoms with E-state index in [1.54, 1.807) is 0 Å². The van der Waals surface area contributed by atoms with E-state index in [0.717, 1.165) is 19.8 Å². The number of nitrogens with zero attached hydrogens (tertiary/aromatic N) is 2. The van der Waals surface area contributed by atoms with Crippen LogP contribution in [0.15, 0.2) is 0 Å². The molecule has 4 nitrogen and oxygen atoms in total. The van der Waals surface area contributed by atoms with Crippen LogP contribution >= 0.6 is 0 Å². The number of rotatable bonds is 5. The molecule has 118 valence electrons. The fraction of sp³-hybridized carbons (Fsp3) is 1.00. The van der Waals surface area contributed by atoms with Crippen molar-refractivity contribution in [2.75, 3.05) is 60.0 Å². The average molecular weight is 283 g/mol. The summed E-state index contributed by atoms with van der Waals surface area (Å²) in [5.74, 6) is 0. The van der Waals surface area contributed by atoms with Crippen LogP contribution in [0.4, 0.5) is 0 Å². The molecule has 0 bridgehead atoms. The van der Waals surface area contributed by atoms with Crippen LogP contribution in [0.1, 0.15) is 32.6 Å². The highest BCUT2D eigenvalue weighted by Gasteiger charge is 2.36. The third-order valence-electron chi connectivity index (χ3n) is 4.99. The van der Waals surface area contributed by atoms with Crippen LogP contribution in [-0.4, -0.2) is 75.9 Å². The predicted octanol–water partition coefficient (Wildman–Crippen LogP) is 1.42. The van der Waals surface area contributed by atoms with E-state index >= 15 is 0 Å². The average Bonchev–Trinajstić information content (AvgIpc) is 2.61. The Balaban J connectivity index is 2.03. The van der Waals surface area contributed by atoms with Crippen molar-refractivity contribution in [3.05, 3.63) is 0 Å². The first-order chi connectivity index (χ1) is 9.69. The number of hydrogen-bond acceptors (Lipinski definition) is 4. The van der Waals surface area contributed by atoms with E-state index < -0.39 is 0 Å². The van der Waals surface area contributed by atoms with Gasteiger partial charge in [-0.05, 0) is 52.9 Å². The molecule has 2 unspecified atom stereocenters. The van der Waals surface area contributed by atoms with Gasteiger partial charge < -0.3 is 15.0 Å². The minimum Gasteiger partial charge on any atom is -0.381 e.